The van der Waals surface area contributed by atoms with Gasteiger partial charge in [-0.2, -0.15) is 5.10 Å². The molecule has 0 aliphatic rings. The zero-order chi connectivity index (χ0) is 13.0. The molecule has 0 aromatic carbocycles. The highest BCUT2D eigenvalue weighted by Crippen LogP contribution is 2.16. The van der Waals surface area contributed by atoms with Crippen LogP contribution in [0.3, 0.4) is 0 Å². The van der Waals surface area contributed by atoms with Gasteiger partial charge in [-0.1, -0.05) is 11.8 Å². The summed E-state index contributed by atoms with van der Waals surface area (Å²) in [6, 6.07) is 0. The minimum atomic E-state index is 0.427. The summed E-state index contributed by atoms with van der Waals surface area (Å²) in [7, 11) is 1.95. The normalized spacial score (nSPS) is 11.1. The van der Waals surface area contributed by atoms with Crippen molar-refractivity contribution in [2.24, 2.45) is 12.8 Å². The molecule has 2 heterocycles. The summed E-state index contributed by atoms with van der Waals surface area (Å²) in [5.41, 5.74) is 6.75. The average molecular weight is 266 g/mol. The molecule has 6 nitrogen and oxygen atoms in total. The highest BCUT2D eigenvalue weighted by Gasteiger charge is 2.07. The van der Waals surface area contributed by atoms with Gasteiger partial charge in [0.1, 0.15) is 5.82 Å². The predicted octanol–water partition coefficient (Wildman–Crippen LogP) is 0.961. The number of hydrogen-bond acceptors (Lipinski definition) is 5. The van der Waals surface area contributed by atoms with Crippen molar-refractivity contribution < 1.29 is 0 Å². The molecule has 2 rings (SSSR count). The van der Waals surface area contributed by atoms with Crippen molar-refractivity contribution in [3.63, 3.8) is 0 Å². The van der Waals surface area contributed by atoms with Gasteiger partial charge >= 0.3 is 0 Å². The standard InChI is InChI=1S/C11H18N6S/c1-9-7-13-17(8-9)4-3-5-18-11-15-14-10(6-12)16(11)2/h7-8H,3-6,12H2,1-2H3. The SMILES string of the molecule is Cc1cnn(CCCSc2nnc(CN)n2C)c1. The van der Waals surface area contributed by atoms with Crippen LogP contribution in [0.15, 0.2) is 17.6 Å². The van der Waals surface area contributed by atoms with Crippen LogP contribution in [0.2, 0.25) is 0 Å². The van der Waals surface area contributed by atoms with E-state index in [1.54, 1.807) is 11.8 Å². The smallest absolute Gasteiger partial charge is 0.190 e. The van der Waals surface area contributed by atoms with E-state index >= 15 is 0 Å². The van der Waals surface area contributed by atoms with Crippen molar-refractivity contribution in [2.45, 2.75) is 31.6 Å². The van der Waals surface area contributed by atoms with Crippen LogP contribution in [0, 0.1) is 6.92 Å². The van der Waals surface area contributed by atoms with E-state index in [0.717, 1.165) is 29.7 Å². The molecule has 0 radical (unpaired) electrons. The molecule has 98 valence electrons. The molecule has 0 saturated heterocycles. The van der Waals surface area contributed by atoms with Crippen molar-refractivity contribution in [3.8, 4) is 0 Å². The number of aryl methyl sites for hydroxylation is 2. The predicted molar refractivity (Wildman–Crippen MR) is 71.2 cm³/mol. The summed E-state index contributed by atoms with van der Waals surface area (Å²) >= 11 is 1.70. The summed E-state index contributed by atoms with van der Waals surface area (Å²) in [6.07, 6.45) is 4.99. The molecule has 0 atom stereocenters. The molecule has 2 aromatic rings. The lowest BCUT2D eigenvalue weighted by Gasteiger charge is -2.03. The monoisotopic (exact) mass is 266 g/mol. The van der Waals surface area contributed by atoms with E-state index in [9.17, 15) is 0 Å². The molecule has 0 unspecified atom stereocenters. The van der Waals surface area contributed by atoms with E-state index in [1.807, 2.05) is 29.4 Å². The lowest BCUT2D eigenvalue weighted by molar-refractivity contribution is 0.605. The summed E-state index contributed by atoms with van der Waals surface area (Å²) < 4.78 is 3.92. The molecule has 2 aromatic heterocycles. The Labute approximate surface area is 111 Å². The number of rotatable bonds is 6. The van der Waals surface area contributed by atoms with E-state index in [1.165, 1.54) is 5.56 Å². The van der Waals surface area contributed by atoms with E-state index < -0.39 is 0 Å². The first-order valence-corrected chi connectivity index (χ1v) is 6.89. The fourth-order valence-electron chi connectivity index (χ4n) is 1.63. The topological polar surface area (TPSA) is 74.6 Å². The zero-order valence-corrected chi connectivity index (χ0v) is 11.5. The second-order valence-corrected chi connectivity index (χ2v) is 5.21. The van der Waals surface area contributed by atoms with E-state index in [4.69, 9.17) is 5.73 Å². The molecular formula is C11H18N6S. The Kier molecular flexibility index (Phi) is 4.38. The summed E-state index contributed by atoms with van der Waals surface area (Å²) in [4.78, 5) is 0. The number of aromatic nitrogens is 5. The first-order chi connectivity index (χ1) is 8.70. The van der Waals surface area contributed by atoms with Crippen molar-refractivity contribution in [2.75, 3.05) is 5.75 Å². The Hall–Kier alpha value is -1.34. The van der Waals surface area contributed by atoms with Crippen LogP contribution in [0.5, 0.6) is 0 Å². The van der Waals surface area contributed by atoms with Gasteiger partial charge in [-0.15, -0.1) is 10.2 Å². The van der Waals surface area contributed by atoms with Gasteiger partial charge in [0.15, 0.2) is 5.16 Å². The van der Waals surface area contributed by atoms with Gasteiger partial charge in [0, 0.05) is 25.5 Å². The fraction of sp³-hybridized carbons (Fsp3) is 0.545. The Balaban J connectivity index is 1.76. The number of nitrogens with two attached hydrogens (primary N) is 1. The third-order valence-electron chi connectivity index (χ3n) is 2.63. The van der Waals surface area contributed by atoms with Gasteiger partial charge in [0.05, 0.1) is 12.7 Å². The van der Waals surface area contributed by atoms with Crippen molar-refractivity contribution in [1.29, 1.82) is 0 Å². The zero-order valence-electron chi connectivity index (χ0n) is 10.7. The fourth-order valence-corrected chi connectivity index (χ4v) is 2.48. The molecular weight excluding hydrogens is 248 g/mol. The highest BCUT2D eigenvalue weighted by molar-refractivity contribution is 7.99. The van der Waals surface area contributed by atoms with Gasteiger partial charge in [-0.3, -0.25) is 4.68 Å². The van der Waals surface area contributed by atoms with Gasteiger partial charge in [0.2, 0.25) is 0 Å². The largest absolute Gasteiger partial charge is 0.324 e. The average Bonchev–Trinajstić information content (AvgIpc) is 2.92. The van der Waals surface area contributed by atoms with Gasteiger partial charge in [0.25, 0.3) is 0 Å². The number of thioether (sulfide) groups is 1. The Bertz CT molecular complexity index is 503. The van der Waals surface area contributed by atoms with Crippen molar-refractivity contribution in [3.05, 3.63) is 23.8 Å². The minimum absolute atomic E-state index is 0.427. The quantitative estimate of drug-likeness (QED) is 0.622. The summed E-state index contributed by atoms with van der Waals surface area (Å²) in [6.45, 7) is 3.41. The van der Waals surface area contributed by atoms with Gasteiger partial charge in [-0.05, 0) is 18.9 Å². The van der Waals surface area contributed by atoms with Crippen LogP contribution in [-0.2, 0) is 20.1 Å². The first-order valence-electron chi connectivity index (χ1n) is 5.91. The molecule has 0 aliphatic heterocycles. The number of hydrogen-bond donors (Lipinski definition) is 1. The maximum absolute atomic E-state index is 5.55. The van der Waals surface area contributed by atoms with Crippen LogP contribution >= 0.6 is 11.8 Å². The Morgan fingerprint density at radius 3 is 2.83 bits per heavy atom. The van der Waals surface area contributed by atoms with Crippen LogP contribution < -0.4 is 5.73 Å². The van der Waals surface area contributed by atoms with Crippen molar-refractivity contribution >= 4 is 11.8 Å². The third-order valence-corrected chi connectivity index (χ3v) is 3.74. The first kappa shape index (κ1) is 13.1. The molecule has 0 aliphatic carbocycles. The third kappa shape index (κ3) is 3.11. The molecule has 0 bridgehead atoms. The maximum atomic E-state index is 5.55. The molecule has 18 heavy (non-hydrogen) atoms. The second kappa shape index (κ2) is 6.01. The molecule has 2 N–H and O–H groups in total. The number of nitrogens with zero attached hydrogens (tertiary/aromatic N) is 5. The minimum Gasteiger partial charge on any atom is -0.324 e. The van der Waals surface area contributed by atoms with Crippen LogP contribution in [0.1, 0.15) is 17.8 Å². The second-order valence-electron chi connectivity index (χ2n) is 4.14. The van der Waals surface area contributed by atoms with Crippen LogP contribution in [-0.4, -0.2) is 30.3 Å². The van der Waals surface area contributed by atoms with E-state index in [-0.39, 0.29) is 0 Å². The maximum Gasteiger partial charge on any atom is 0.190 e. The van der Waals surface area contributed by atoms with E-state index in [2.05, 4.69) is 21.5 Å². The lowest BCUT2D eigenvalue weighted by atomic mass is 10.4. The van der Waals surface area contributed by atoms with Crippen molar-refractivity contribution in [1.82, 2.24) is 24.5 Å². The lowest BCUT2D eigenvalue weighted by Crippen LogP contribution is -2.05. The van der Waals surface area contributed by atoms with Crippen LogP contribution in [0.4, 0.5) is 0 Å². The van der Waals surface area contributed by atoms with E-state index in [0.29, 0.717) is 6.54 Å². The summed E-state index contributed by atoms with van der Waals surface area (Å²) in [5.74, 6) is 1.82. The Morgan fingerprint density at radius 1 is 1.39 bits per heavy atom. The van der Waals surface area contributed by atoms with Gasteiger partial charge < -0.3 is 10.3 Å². The molecule has 0 saturated carbocycles. The molecule has 0 fully saturated rings. The Morgan fingerprint density at radius 2 is 2.22 bits per heavy atom. The molecule has 7 heteroatoms. The summed E-state index contributed by atoms with van der Waals surface area (Å²) in [5, 5.41) is 13.3. The van der Waals surface area contributed by atoms with Gasteiger partial charge in [-0.25, -0.2) is 0 Å². The molecule has 0 spiro atoms. The highest BCUT2D eigenvalue weighted by atomic mass is 32.2. The molecule has 0 amide bonds. The van der Waals surface area contributed by atoms with Crippen LogP contribution in [0.25, 0.3) is 0 Å².